The Morgan fingerprint density at radius 1 is 1.30 bits per heavy atom. The van der Waals surface area contributed by atoms with Crippen LogP contribution in [0.2, 0.25) is 0 Å². The van der Waals surface area contributed by atoms with E-state index in [1.807, 2.05) is 11.8 Å². The molecule has 8 nitrogen and oxygen atoms in total. The number of ether oxygens (including phenoxy) is 3. The van der Waals surface area contributed by atoms with Crippen molar-refractivity contribution in [1.82, 2.24) is 9.55 Å². The first-order chi connectivity index (χ1) is 15.7. The summed E-state index contributed by atoms with van der Waals surface area (Å²) >= 11 is 0. The molecule has 184 valence electrons. The highest BCUT2D eigenvalue weighted by molar-refractivity contribution is 5.49. The molecule has 0 spiro atoms. The summed E-state index contributed by atoms with van der Waals surface area (Å²) in [6.07, 6.45) is -2.77. The first-order valence-corrected chi connectivity index (χ1v) is 11.6. The minimum atomic E-state index is -4.44. The molecule has 5 heterocycles. The highest BCUT2D eigenvalue weighted by Gasteiger charge is 2.50. The van der Waals surface area contributed by atoms with Gasteiger partial charge in [0.25, 0.3) is 5.56 Å². The van der Waals surface area contributed by atoms with Gasteiger partial charge in [0.15, 0.2) is 0 Å². The van der Waals surface area contributed by atoms with Crippen LogP contribution in [0.1, 0.15) is 32.6 Å². The van der Waals surface area contributed by atoms with Crippen molar-refractivity contribution in [3.63, 3.8) is 0 Å². The Morgan fingerprint density at radius 3 is 2.67 bits per heavy atom. The molecule has 4 aliphatic rings. The summed E-state index contributed by atoms with van der Waals surface area (Å²) in [4.78, 5) is 20.9. The SMILES string of the molecule is COC(CN1c2nc(N3C[C@]4(C)CC3CO4)cc(=O)n2CC[C@H]1C(F)(F)F)C1CCOCC1. The number of methoxy groups -OCH3 is 1. The van der Waals surface area contributed by atoms with Gasteiger partial charge in [-0.3, -0.25) is 9.36 Å². The van der Waals surface area contributed by atoms with Crippen LogP contribution in [-0.2, 0) is 20.8 Å². The molecule has 4 atom stereocenters. The predicted molar refractivity (Wildman–Crippen MR) is 115 cm³/mol. The third kappa shape index (κ3) is 4.23. The van der Waals surface area contributed by atoms with E-state index in [9.17, 15) is 18.0 Å². The second-order valence-electron chi connectivity index (χ2n) is 9.87. The second-order valence-corrected chi connectivity index (χ2v) is 9.87. The zero-order chi connectivity index (χ0) is 23.4. The molecule has 0 N–H and O–H groups in total. The van der Waals surface area contributed by atoms with E-state index in [1.54, 1.807) is 0 Å². The number of morpholine rings is 1. The van der Waals surface area contributed by atoms with Crippen molar-refractivity contribution in [1.29, 1.82) is 0 Å². The van der Waals surface area contributed by atoms with Crippen molar-refractivity contribution < 1.29 is 27.4 Å². The Bertz CT molecular complexity index is 935. The lowest BCUT2D eigenvalue weighted by Gasteiger charge is -2.42. The maximum atomic E-state index is 14.1. The number of halogens is 3. The molecule has 0 aliphatic carbocycles. The summed E-state index contributed by atoms with van der Waals surface area (Å²) < 4.78 is 60.6. The topological polar surface area (TPSA) is 69.1 Å². The lowest BCUT2D eigenvalue weighted by atomic mass is 9.92. The minimum Gasteiger partial charge on any atom is -0.381 e. The van der Waals surface area contributed by atoms with E-state index in [2.05, 4.69) is 4.98 Å². The number of alkyl halides is 3. The molecule has 3 saturated heterocycles. The van der Waals surface area contributed by atoms with Gasteiger partial charge in [-0.2, -0.15) is 18.2 Å². The van der Waals surface area contributed by atoms with Crippen LogP contribution < -0.4 is 15.4 Å². The Kier molecular flexibility index (Phi) is 5.85. The smallest absolute Gasteiger partial charge is 0.381 e. The molecule has 11 heteroatoms. The molecule has 4 aliphatic heterocycles. The Morgan fingerprint density at radius 2 is 2.06 bits per heavy atom. The first kappa shape index (κ1) is 22.9. The number of fused-ring (bicyclic) bond motifs is 3. The van der Waals surface area contributed by atoms with E-state index in [-0.39, 0.29) is 48.6 Å². The van der Waals surface area contributed by atoms with Crippen molar-refractivity contribution in [3.8, 4) is 0 Å². The number of hydrogen-bond donors (Lipinski definition) is 0. The average Bonchev–Trinajstić information content (AvgIpc) is 3.33. The fraction of sp³-hybridized carbons (Fsp3) is 0.818. The molecule has 1 aromatic rings. The van der Waals surface area contributed by atoms with Crippen LogP contribution in [0.3, 0.4) is 0 Å². The largest absolute Gasteiger partial charge is 0.408 e. The van der Waals surface area contributed by atoms with Crippen molar-refractivity contribution in [2.24, 2.45) is 5.92 Å². The minimum absolute atomic E-state index is 0.0126. The van der Waals surface area contributed by atoms with E-state index >= 15 is 0 Å². The van der Waals surface area contributed by atoms with Crippen LogP contribution in [-0.4, -0.2) is 79.5 Å². The molecular formula is C22H31F3N4O4. The summed E-state index contributed by atoms with van der Waals surface area (Å²) in [5, 5.41) is 0. The highest BCUT2D eigenvalue weighted by Crippen LogP contribution is 2.40. The summed E-state index contributed by atoms with van der Waals surface area (Å²) in [7, 11) is 1.53. The van der Waals surface area contributed by atoms with Gasteiger partial charge in [-0.05, 0) is 32.1 Å². The zero-order valence-electron chi connectivity index (χ0n) is 19.0. The molecule has 0 amide bonds. The van der Waals surface area contributed by atoms with Crippen LogP contribution in [0.25, 0.3) is 0 Å². The molecule has 2 unspecified atom stereocenters. The van der Waals surface area contributed by atoms with Gasteiger partial charge in [0.1, 0.15) is 11.9 Å². The number of nitrogens with zero attached hydrogens (tertiary/aromatic N) is 4. The third-order valence-corrected chi connectivity index (χ3v) is 7.61. The number of rotatable bonds is 5. The third-order valence-electron chi connectivity index (χ3n) is 7.61. The summed E-state index contributed by atoms with van der Waals surface area (Å²) in [5.41, 5.74) is -0.633. The van der Waals surface area contributed by atoms with Gasteiger partial charge >= 0.3 is 6.18 Å². The Labute approximate surface area is 190 Å². The van der Waals surface area contributed by atoms with E-state index < -0.39 is 18.3 Å². The average molecular weight is 473 g/mol. The lowest BCUT2D eigenvalue weighted by Crippen LogP contribution is -2.56. The second kappa shape index (κ2) is 8.42. The van der Waals surface area contributed by atoms with Gasteiger partial charge in [0.05, 0.1) is 24.4 Å². The Hall–Kier alpha value is -1.85. The monoisotopic (exact) mass is 472 g/mol. The molecule has 5 rings (SSSR count). The maximum absolute atomic E-state index is 14.1. The van der Waals surface area contributed by atoms with Gasteiger partial charge in [-0.15, -0.1) is 0 Å². The van der Waals surface area contributed by atoms with Crippen LogP contribution in [0, 0.1) is 5.92 Å². The van der Waals surface area contributed by atoms with Crippen molar-refractivity contribution in [3.05, 3.63) is 16.4 Å². The van der Waals surface area contributed by atoms with Gasteiger partial charge < -0.3 is 24.0 Å². The van der Waals surface area contributed by atoms with Crippen LogP contribution in [0.4, 0.5) is 24.9 Å². The van der Waals surface area contributed by atoms with Crippen LogP contribution in [0.5, 0.6) is 0 Å². The van der Waals surface area contributed by atoms with E-state index in [4.69, 9.17) is 14.2 Å². The molecule has 1 aromatic heterocycles. The number of aromatic nitrogens is 2. The number of hydrogen-bond acceptors (Lipinski definition) is 7. The van der Waals surface area contributed by atoms with E-state index in [0.717, 1.165) is 19.3 Å². The Balaban J connectivity index is 1.51. The lowest BCUT2D eigenvalue weighted by molar-refractivity contribution is -0.154. The van der Waals surface area contributed by atoms with Crippen molar-refractivity contribution >= 4 is 11.8 Å². The summed E-state index contributed by atoms with van der Waals surface area (Å²) in [5.74, 6) is 0.597. The van der Waals surface area contributed by atoms with Crippen LogP contribution in [0.15, 0.2) is 10.9 Å². The van der Waals surface area contributed by atoms with Crippen LogP contribution >= 0.6 is 0 Å². The summed E-state index contributed by atoms with van der Waals surface area (Å²) in [6.45, 7) is 4.26. The van der Waals surface area contributed by atoms with Gasteiger partial charge in [0.2, 0.25) is 5.95 Å². The quantitative estimate of drug-likeness (QED) is 0.651. The molecule has 0 aromatic carbocycles. The predicted octanol–water partition coefficient (Wildman–Crippen LogP) is 2.19. The molecule has 33 heavy (non-hydrogen) atoms. The molecular weight excluding hydrogens is 441 g/mol. The normalized spacial score (nSPS) is 31.2. The fourth-order valence-corrected chi connectivity index (χ4v) is 5.83. The molecule has 2 bridgehead atoms. The van der Waals surface area contributed by atoms with Crippen molar-refractivity contribution in [2.45, 2.75) is 69.1 Å². The summed E-state index contributed by atoms with van der Waals surface area (Å²) in [6, 6.07) is -0.186. The number of anilines is 2. The van der Waals surface area contributed by atoms with Gasteiger partial charge in [0, 0.05) is 52.4 Å². The fourth-order valence-electron chi connectivity index (χ4n) is 5.83. The first-order valence-electron chi connectivity index (χ1n) is 11.6. The van der Waals surface area contributed by atoms with Crippen molar-refractivity contribution in [2.75, 3.05) is 49.8 Å². The molecule has 3 fully saturated rings. The van der Waals surface area contributed by atoms with E-state index in [1.165, 1.54) is 22.6 Å². The molecule has 0 radical (unpaired) electrons. The zero-order valence-corrected chi connectivity index (χ0v) is 19.0. The maximum Gasteiger partial charge on any atom is 0.408 e. The molecule has 0 saturated carbocycles. The van der Waals surface area contributed by atoms with E-state index in [0.29, 0.717) is 32.2 Å². The van der Waals surface area contributed by atoms with Gasteiger partial charge in [-0.1, -0.05) is 0 Å². The highest BCUT2D eigenvalue weighted by atomic mass is 19.4. The van der Waals surface area contributed by atoms with Gasteiger partial charge in [-0.25, -0.2) is 0 Å². The standard InChI is InChI=1S/C22H31F3N4O4/c1-21-10-15(12-33-21)29(13-21)18-9-19(30)27-6-3-17(22(23,24)25)28(20(27)26-18)11-16(31-2)14-4-7-32-8-5-14/h9,14-17H,3-8,10-13H2,1-2H3/t15?,16?,17-,21-/m0/s1.